The van der Waals surface area contributed by atoms with Crippen molar-refractivity contribution in [2.24, 2.45) is 0 Å². The van der Waals surface area contributed by atoms with Gasteiger partial charge in [0.05, 0.1) is 0 Å². The van der Waals surface area contributed by atoms with Crippen LogP contribution < -0.4 is 5.32 Å². The highest BCUT2D eigenvalue weighted by atomic mass is 19.1. The van der Waals surface area contributed by atoms with Gasteiger partial charge in [-0.2, -0.15) is 0 Å². The molecule has 124 valence electrons. The quantitative estimate of drug-likeness (QED) is 0.859. The van der Waals surface area contributed by atoms with Crippen LogP contribution in [0.4, 0.5) is 4.39 Å². The van der Waals surface area contributed by atoms with E-state index >= 15 is 0 Å². The fourth-order valence-corrected chi connectivity index (χ4v) is 3.10. The van der Waals surface area contributed by atoms with E-state index < -0.39 is 0 Å². The maximum absolute atomic E-state index is 13.5. The molecule has 1 aromatic heterocycles. The van der Waals surface area contributed by atoms with Gasteiger partial charge in [0.1, 0.15) is 11.5 Å². The number of benzene rings is 1. The first-order chi connectivity index (χ1) is 11.0. The van der Waals surface area contributed by atoms with Crippen molar-refractivity contribution in [3.05, 3.63) is 58.2 Å². The lowest BCUT2D eigenvalue weighted by molar-refractivity contribution is 0.0944. The fourth-order valence-electron chi connectivity index (χ4n) is 3.10. The summed E-state index contributed by atoms with van der Waals surface area (Å²) in [4.78, 5) is 12.6. The lowest BCUT2D eigenvalue weighted by Crippen LogP contribution is -2.27. The second kappa shape index (κ2) is 7.44. The third kappa shape index (κ3) is 3.63. The van der Waals surface area contributed by atoms with E-state index in [0.717, 1.165) is 29.7 Å². The van der Waals surface area contributed by atoms with E-state index in [9.17, 15) is 9.18 Å². The second-order valence-corrected chi connectivity index (χ2v) is 5.86. The summed E-state index contributed by atoms with van der Waals surface area (Å²) in [5.74, 6) is -0.305. The Morgan fingerprint density at radius 2 is 2.00 bits per heavy atom. The highest BCUT2D eigenvalue weighted by molar-refractivity contribution is 5.95. The number of halogens is 1. The Morgan fingerprint density at radius 1 is 1.26 bits per heavy atom. The number of hydrogen-bond acceptors (Lipinski definition) is 1. The van der Waals surface area contributed by atoms with Crippen molar-refractivity contribution in [3.63, 3.8) is 0 Å². The normalized spacial score (nSPS) is 10.8. The molecule has 23 heavy (non-hydrogen) atoms. The van der Waals surface area contributed by atoms with E-state index in [1.807, 2.05) is 31.4 Å². The van der Waals surface area contributed by atoms with E-state index in [2.05, 4.69) is 12.2 Å². The summed E-state index contributed by atoms with van der Waals surface area (Å²) in [5, 5.41) is 2.96. The van der Waals surface area contributed by atoms with Crippen LogP contribution >= 0.6 is 0 Å². The molecular formula is C19H25FN2O. The number of amides is 1. The van der Waals surface area contributed by atoms with Gasteiger partial charge < -0.3 is 9.88 Å². The second-order valence-electron chi connectivity index (χ2n) is 5.86. The van der Waals surface area contributed by atoms with Crippen LogP contribution in [-0.2, 0) is 13.0 Å². The number of hydrogen-bond donors (Lipinski definition) is 1. The summed E-state index contributed by atoms with van der Waals surface area (Å²) >= 11 is 0. The molecule has 0 fully saturated rings. The maximum atomic E-state index is 13.5. The van der Waals surface area contributed by atoms with Gasteiger partial charge in [-0.15, -0.1) is 0 Å². The number of nitrogens with zero attached hydrogens (tertiary/aromatic N) is 1. The zero-order valence-corrected chi connectivity index (χ0v) is 14.4. The fraction of sp³-hybridized carbons (Fsp3) is 0.421. The molecule has 0 radical (unpaired) electrons. The highest BCUT2D eigenvalue weighted by Gasteiger charge is 2.21. The molecule has 2 aromatic rings. The molecule has 0 spiro atoms. The van der Waals surface area contributed by atoms with Gasteiger partial charge in [0.15, 0.2) is 0 Å². The van der Waals surface area contributed by atoms with Gasteiger partial charge in [0.25, 0.3) is 5.91 Å². The van der Waals surface area contributed by atoms with Crippen LogP contribution in [0.5, 0.6) is 0 Å². The standard InChI is InChI=1S/C19H25FN2O/c1-5-10-21-19(23)18-13(3)17(6-2)14(4)22(18)12-15-8-7-9-16(20)11-15/h7-9,11H,5-6,10,12H2,1-4H3,(H,21,23). The van der Waals surface area contributed by atoms with Crippen molar-refractivity contribution >= 4 is 5.91 Å². The van der Waals surface area contributed by atoms with Crippen LogP contribution in [0.1, 0.15) is 53.1 Å². The molecule has 1 aromatic carbocycles. The summed E-state index contributed by atoms with van der Waals surface area (Å²) in [6.07, 6.45) is 1.77. The topological polar surface area (TPSA) is 34.0 Å². The Morgan fingerprint density at radius 3 is 2.61 bits per heavy atom. The van der Waals surface area contributed by atoms with Crippen LogP contribution in [0.15, 0.2) is 24.3 Å². The smallest absolute Gasteiger partial charge is 0.268 e. The zero-order valence-electron chi connectivity index (χ0n) is 14.4. The van der Waals surface area contributed by atoms with Crippen molar-refractivity contribution in [2.45, 2.75) is 47.1 Å². The van der Waals surface area contributed by atoms with Gasteiger partial charge in [-0.05, 0) is 55.5 Å². The lowest BCUT2D eigenvalue weighted by Gasteiger charge is -2.13. The summed E-state index contributed by atoms with van der Waals surface area (Å²) in [6.45, 7) is 9.30. The maximum Gasteiger partial charge on any atom is 0.268 e. The Kier molecular flexibility index (Phi) is 5.59. The highest BCUT2D eigenvalue weighted by Crippen LogP contribution is 2.24. The molecule has 0 aliphatic rings. The molecule has 1 heterocycles. The van der Waals surface area contributed by atoms with E-state index in [0.29, 0.717) is 18.8 Å². The molecule has 0 saturated heterocycles. The first kappa shape index (κ1) is 17.3. The minimum absolute atomic E-state index is 0.0523. The number of carbonyl (C=O) groups excluding carboxylic acids is 1. The molecule has 2 rings (SSSR count). The van der Waals surface area contributed by atoms with Crippen molar-refractivity contribution in [1.82, 2.24) is 9.88 Å². The van der Waals surface area contributed by atoms with Gasteiger partial charge in [-0.1, -0.05) is 26.0 Å². The van der Waals surface area contributed by atoms with Crippen molar-refractivity contribution in [1.29, 1.82) is 0 Å². The molecule has 0 bridgehead atoms. The first-order valence-corrected chi connectivity index (χ1v) is 8.20. The average molecular weight is 316 g/mol. The van der Waals surface area contributed by atoms with E-state index in [1.54, 1.807) is 6.07 Å². The number of aromatic nitrogens is 1. The van der Waals surface area contributed by atoms with Crippen molar-refractivity contribution in [3.8, 4) is 0 Å². The van der Waals surface area contributed by atoms with Crippen LogP contribution in [0.2, 0.25) is 0 Å². The van der Waals surface area contributed by atoms with Crippen LogP contribution in [0, 0.1) is 19.7 Å². The molecule has 0 saturated carbocycles. The van der Waals surface area contributed by atoms with E-state index in [1.165, 1.54) is 17.7 Å². The van der Waals surface area contributed by atoms with Crippen LogP contribution in [0.3, 0.4) is 0 Å². The minimum Gasteiger partial charge on any atom is -0.351 e. The third-order valence-corrected chi connectivity index (χ3v) is 4.25. The van der Waals surface area contributed by atoms with Gasteiger partial charge in [0.2, 0.25) is 0 Å². The number of carbonyl (C=O) groups is 1. The molecule has 0 unspecified atom stereocenters. The van der Waals surface area contributed by atoms with Gasteiger partial charge in [0, 0.05) is 18.8 Å². The molecule has 1 N–H and O–H groups in total. The Labute approximate surface area is 137 Å². The average Bonchev–Trinajstić information content (AvgIpc) is 2.75. The van der Waals surface area contributed by atoms with Crippen LogP contribution in [-0.4, -0.2) is 17.0 Å². The van der Waals surface area contributed by atoms with E-state index in [-0.39, 0.29) is 11.7 Å². The SMILES string of the molecule is CCCNC(=O)c1c(C)c(CC)c(C)n1Cc1cccc(F)c1. The predicted octanol–water partition coefficient (Wildman–Crippen LogP) is 3.99. The molecule has 4 heteroatoms. The summed E-state index contributed by atoms with van der Waals surface area (Å²) in [5.41, 5.74) is 4.85. The zero-order chi connectivity index (χ0) is 17.0. The van der Waals surface area contributed by atoms with E-state index in [4.69, 9.17) is 0 Å². The van der Waals surface area contributed by atoms with Crippen molar-refractivity contribution < 1.29 is 9.18 Å². The Hall–Kier alpha value is -2.10. The Bertz CT molecular complexity index is 704. The Balaban J connectivity index is 2.46. The molecular weight excluding hydrogens is 291 g/mol. The van der Waals surface area contributed by atoms with Crippen LogP contribution in [0.25, 0.3) is 0 Å². The van der Waals surface area contributed by atoms with Crippen molar-refractivity contribution in [2.75, 3.05) is 6.54 Å². The molecule has 3 nitrogen and oxygen atoms in total. The van der Waals surface area contributed by atoms with Gasteiger partial charge in [-0.3, -0.25) is 4.79 Å². The molecule has 1 amide bonds. The summed E-state index contributed by atoms with van der Waals surface area (Å²) < 4.78 is 15.5. The summed E-state index contributed by atoms with van der Waals surface area (Å²) in [6, 6.07) is 6.54. The predicted molar refractivity (Wildman–Crippen MR) is 91.4 cm³/mol. The minimum atomic E-state index is -0.253. The molecule has 0 aliphatic heterocycles. The molecule has 0 aliphatic carbocycles. The first-order valence-electron chi connectivity index (χ1n) is 8.20. The van der Waals surface area contributed by atoms with Gasteiger partial charge >= 0.3 is 0 Å². The third-order valence-electron chi connectivity index (χ3n) is 4.25. The lowest BCUT2D eigenvalue weighted by atomic mass is 10.1. The number of rotatable bonds is 6. The largest absolute Gasteiger partial charge is 0.351 e. The summed E-state index contributed by atoms with van der Waals surface area (Å²) in [7, 11) is 0. The monoisotopic (exact) mass is 316 g/mol. The molecule has 0 atom stereocenters. The number of nitrogens with one attached hydrogen (secondary N) is 1. The van der Waals surface area contributed by atoms with Gasteiger partial charge in [-0.25, -0.2) is 4.39 Å².